The van der Waals surface area contributed by atoms with Gasteiger partial charge in [-0.25, -0.2) is 0 Å². The van der Waals surface area contributed by atoms with Crippen molar-refractivity contribution in [3.8, 4) is 0 Å². The number of nitrogens with zero attached hydrogens (tertiary/aromatic N) is 3. The molecule has 1 heterocycles. The average molecular weight is 354 g/mol. The summed E-state index contributed by atoms with van der Waals surface area (Å²) in [6.07, 6.45) is 6.64. The lowest BCUT2D eigenvalue weighted by Crippen LogP contribution is -2.47. The Balaban J connectivity index is 2.05. The van der Waals surface area contributed by atoms with Gasteiger partial charge in [0.05, 0.1) is 0 Å². The lowest BCUT2D eigenvalue weighted by Gasteiger charge is -2.34. The molecule has 2 N–H and O–H groups in total. The van der Waals surface area contributed by atoms with E-state index in [1.54, 1.807) is 0 Å². The van der Waals surface area contributed by atoms with E-state index >= 15 is 0 Å². The van der Waals surface area contributed by atoms with E-state index in [0.29, 0.717) is 5.92 Å². The van der Waals surface area contributed by atoms with Crippen molar-refractivity contribution in [2.45, 2.75) is 52.9 Å². The highest BCUT2D eigenvalue weighted by atomic mass is 15.2. The van der Waals surface area contributed by atoms with Crippen LogP contribution in [0.4, 0.5) is 0 Å². The molecule has 25 heavy (non-hydrogen) atoms. The van der Waals surface area contributed by atoms with Crippen LogP contribution in [0.2, 0.25) is 0 Å². The number of hydrogen-bond acceptors (Lipinski definition) is 3. The first-order valence-electron chi connectivity index (χ1n) is 10.4. The van der Waals surface area contributed by atoms with Crippen molar-refractivity contribution in [3.63, 3.8) is 0 Å². The van der Waals surface area contributed by atoms with Crippen LogP contribution in [-0.2, 0) is 0 Å². The number of likely N-dealkylation sites (N-methyl/N-ethyl adjacent to an activating group) is 1. The molecule has 0 saturated carbocycles. The topological polar surface area (TPSA) is 42.9 Å². The Morgan fingerprint density at radius 1 is 0.960 bits per heavy atom. The zero-order chi connectivity index (χ0) is 18.5. The van der Waals surface area contributed by atoms with Gasteiger partial charge in [0.2, 0.25) is 0 Å². The third-order valence-corrected chi connectivity index (χ3v) is 5.01. The second-order valence-corrected chi connectivity index (χ2v) is 8.19. The average Bonchev–Trinajstić information content (AvgIpc) is 2.58. The molecule has 0 aromatic carbocycles. The molecule has 0 aromatic rings. The van der Waals surface area contributed by atoms with Crippen LogP contribution in [0.25, 0.3) is 0 Å². The smallest absolute Gasteiger partial charge is 0.190 e. The lowest BCUT2D eigenvalue weighted by atomic mass is 10.0. The molecule has 0 radical (unpaired) electrons. The Morgan fingerprint density at radius 2 is 1.64 bits per heavy atom. The van der Waals surface area contributed by atoms with Crippen LogP contribution in [0.1, 0.15) is 52.9 Å². The summed E-state index contributed by atoms with van der Waals surface area (Å²) in [5.74, 6) is 2.43. The van der Waals surface area contributed by atoms with E-state index in [1.807, 2.05) is 7.05 Å². The maximum absolute atomic E-state index is 4.35. The molecular weight excluding hydrogens is 310 g/mol. The van der Waals surface area contributed by atoms with Crippen LogP contribution < -0.4 is 10.6 Å². The minimum atomic E-state index is 0.637. The van der Waals surface area contributed by atoms with E-state index in [-0.39, 0.29) is 0 Å². The Morgan fingerprint density at radius 3 is 2.28 bits per heavy atom. The van der Waals surface area contributed by atoms with Gasteiger partial charge in [-0.3, -0.25) is 4.99 Å². The zero-order valence-corrected chi connectivity index (χ0v) is 17.5. The molecule has 1 atom stereocenters. The lowest BCUT2D eigenvalue weighted by molar-refractivity contribution is 0.139. The van der Waals surface area contributed by atoms with Gasteiger partial charge in [-0.1, -0.05) is 46.5 Å². The number of piperazine rings is 1. The molecule has 0 aromatic heterocycles. The highest BCUT2D eigenvalue weighted by Crippen LogP contribution is 2.09. The van der Waals surface area contributed by atoms with Gasteiger partial charge < -0.3 is 20.4 Å². The summed E-state index contributed by atoms with van der Waals surface area (Å²) in [4.78, 5) is 9.34. The predicted molar refractivity (Wildman–Crippen MR) is 110 cm³/mol. The second-order valence-electron chi connectivity index (χ2n) is 8.19. The molecule has 0 amide bonds. The first kappa shape index (κ1) is 22.2. The van der Waals surface area contributed by atoms with Crippen LogP contribution >= 0.6 is 0 Å². The first-order valence-corrected chi connectivity index (χ1v) is 10.4. The van der Waals surface area contributed by atoms with Crippen molar-refractivity contribution in [3.05, 3.63) is 0 Å². The molecule has 0 spiro atoms. The fourth-order valence-corrected chi connectivity index (χ4v) is 3.27. The van der Waals surface area contributed by atoms with E-state index in [0.717, 1.165) is 25.0 Å². The zero-order valence-electron chi connectivity index (χ0n) is 17.5. The number of rotatable bonds is 11. The molecule has 148 valence electrons. The molecule has 1 fully saturated rings. The van der Waals surface area contributed by atoms with Crippen molar-refractivity contribution >= 4 is 5.96 Å². The van der Waals surface area contributed by atoms with Gasteiger partial charge in [0, 0.05) is 52.9 Å². The number of unbranched alkanes of at least 4 members (excludes halogenated alkanes) is 3. The number of hydrogen-bond donors (Lipinski definition) is 2. The van der Waals surface area contributed by atoms with Crippen molar-refractivity contribution in [2.24, 2.45) is 16.8 Å². The third-order valence-electron chi connectivity index (χ3n) is 5.01. The van der Waals surface area contributed by atoms with Gasteiger partial charge in [-0.15, -0.1) is 0 Å². The van der Waals surface area contributed by atoms with Crippen LogP contribution in [0.15, 0.2) is 4.99 Å². The minimum absolute atomic E-state index is 0.637. The maximum Gasteiger partial charge on any atom is 0.190 e. The van der Waals surface area contributed by atoms with E-state index in [1.165, 1.54) is 64.8 Å². The first-order chi connectivity index (χ1) is 12.0. The van der Waals surface area contributed by atoms with Gasteiger partial charge >= 0.3 is 0 Å². The summed E-state index contributed by atoms with van der Waals surface area (Å²) in [5, 5.41) is 6.94. The van der Waals surface area contributed by atoms with Gasteiger partial charge in [-0.05, 0) is 25.3 Å². The van der Waals surface area contributed by atoms with Gasteiger partial charge in [0.25, 0.3) is 0 Å². The van der Waals surface area contributed by atoms with Crippen molar-refractivity contribution in [1.82, 2.24) is 20.4 Å². The molecule has 1 saturated heterocycles. The fraction of sp³-hybridized carbons (Fsp3) is 0.950. The Kier molecular flexibility index (Phi) is 11.9. The molecule has 1 unspecified atom stereocenters. The van der Waals surface area contributed by atoms with E-state index in [4.69, 9.17) is 0 Å². The van der Waals surface area contributed by atoms with Crippen LogP contribution in [0.3, 0.4) is 0 Å². The largest absolute Gasteiger partial charge is 0.356 e. The van der Waals surface area contributed by atoms with Crippen molar-refractivity contribution in [1.29, 1.82) is 0 Å². The monoisotopic (exact) mass is 353 g/mol. The van der Waals surface area contributed by atoms with Crippen LogP contribution in [0, 0.1) is 11.8 Å². The molecule has 1 aliphatic rings. The Hall–Kier alpha value is -0.810. The SMILES string of the molecule is CN=C(NCCCCCCC(C)C)NCC(C)CN1CCN(C)CC1. The number of guanidine groups is 1. The number of aliphatic imine (C=N–C) groups is 1. The van der Waals surface area contributed by atoms with Gasteiger partial charge in [-0.2, -0.15) is 0 Å². The Labute approximate surface area is 156 Å². The molecule has 0 bridgehead atoms. The van der Waals surface area contributed by atoms with E-state index in [9.17, 15) is 0 Å². The minimum Gasteiger partial charge on any atom is -0.356 e. The van der Waals surface area contributed by atoms with Crippen molar-refractivity contribution < 1.29 is 0 Å². The normalized spacial score (nSPS) is 18.6. The van der Waals surface area contributed by atoms with E-state index in [2.05, 4.69) is 53.2 Å². The second kappa shape index (κ2) is 13.4. The number of nitrogens with one attached hydrogen (secondary N) is 2. The highest BCUT2D eigenvalue weighted by Gasteiger charge is 2.16. The molecule has 5 heteroatoms. The van der Waals surface area contributed by atoms with E-state index < -0.39 is 0 Å². The molecule has 1 aliphatic heterocycles. The quantitative estimate of drug-likeness (QED) is 0.340. The molecule has 0 aliphatic carbocycles. The summed E-state index contributed by atoms with van der Waals surface area (Å²) in [7, 11) is 4.07. The molecule has 5 nitrogen and oxygen atoms in total. The summed E-state index contributed by atoms with van der Waals surface area (Å²) in [6, 6.07) is 0. The summed E-state index contributed by atoms with van der Waals surface area (Å²) in [5.41, 5.74) is 0. The summed E-state index contributed by atoms with van der Waals surface area (Å²) >= 11 is 0. The van der Waals surface area contributed by atoms with Gasteiger partial charge in [0.15, 0.2) is 5.96 Å². The third kappa shape index (κ3) is 11.4. The predicted octanol–water partition coefficient (Wildman–Crippen LogP) is 2.64. The summed E-state index contributed by atoms with van der Waals surface area (Å²) in [6.45, 7) is 14.9. The summed E-state index contributed by atoms with van der Waals surface area (Å²) < 4.78 is 0. The highest BCUT2D eigenvalue weighted by molar-refractivity contribution is 5.79. The van der Waals surface area contributed by atoms with Crippen molar-refractivity contribution in [2.75, 3.05) is 59.9 Å². The standard InChI is InChI=1S/C20H43N5/c1-18(2)10-8-6-7-9-11-22-20(21-4)23-16-19(3)17-25-14-12-24(5)13-15-25/h18-19H,6-17H2,1-5H3,(H2,21,22,23). The maximum atomic E-state index is 4.35. The van der Waals surface area contributed by atoms with Gasteiger partial charge in [0.1, 0.15) is 0 Å². The Bertz CT molecular complexity index is 348. The molecule has 1 rings (SSSR count). The van der Waals surface area contributed by atoms with Crippen LogP contribution in [0.5, 0.6) is 0 Å². The van der Waals surface area contributed by atoms with Crippen LogP contribution in [-0.4, -0.2) is 75.7 Å². The molecular formula is C20H43N5. The fourth-order valence-electron chi connectivity index (χ4n) is 3.27.